The normalized spacial score (nSPS) is 22.5. The van der Waals surface area contributed by atoms with Crippen LogP contribution in [0.1, 0.15) is 29.3 Å². The number of aromatic nitrogens is 1. The third-order valence-electron chi connectivity index (χ3n) is 4.26. The fourth-order valence-corrected chi connectivity index (χ4v) is 2.83. The van der Waals surface area contributed by atoms with E-state index < -0.39 is 0 Å². The number of likely N-dealkylation sites (N-methyl/N-ethyl adjacent to an activating group) is 2. The van der Waals surface area contributed by atoms with Crippen LogP contribution in [0.4, 0.5) is 0 Å². The number of carbonyl (C=O) groups is 1. The zero-order chi connectivity index (χ0) is 15.4. The van der Waals surface area contributed by atoms with Crippen molar-refractivity contribution in [2.75, 3.05) is 34.3 Å². The number of nitrogens with zero attached hydrogens (tertiary/aromatic N) is 3. The molecule has 5 nitrogen and oxygen atoms in total. The van der Waals surface area contributed by atoms with Gasteiger partial charge in [-0.1, -0.05) is 6.92 Å². The average Bonchev–Trinajstić information content (AvgIpc) is 2.86. The van der Waals surface area contributed by atoms with Crippen LogP contribution in [-0.2, 0) is 11.2 Å². The van der Waals surface area contributed by atoms with Gasteiger partial charge in [0.25, 0.3) is 5.91 Å². The first-order valence-electron chi connectivity index (χ1n) is 7.47. The van der Waals surface area contributed by atoms with E-state index in [4.69, 9.17) is 4.74 Å². The van der Waals surface area contributed by atoms with Crippen molar-refractivity contribution < 1.29 is 9.53 Å². The molecule has 1 aliphatic heterocycles. The number of likely N-dealkylation sites (tertiary alicyclic amines) is 1. The minimum Gasteiger partial charge on any atom is -0.380 e. The van der Waals surface area contributed by atoms with Gasteiger partial charge >= 0.3 is 0 Å². The second-order valence-electron chi connectivity index (χ2n) is 5.81. The molecule has 0 spiro atoms. The molecule has 0 N–H and O–H groups in total. The zero-order valence-corrected chi connectivity index (χ0v) is 13.4. The third kappa shape index (κ3) is 3.80. The topological polar surface area (TPSA) is 45.7 Å². The number of methoxy groups -OCH3 is 1. The Morgan fingerprint density at radius 1 is 1.52 bits per heavy atom. The Morgan fingerprint density at radius 3 is 2.90 bits per heavy atom. The van der Waals surface area contributed by atoms with Gasteiger partial charge in [-0.2, -0.15) is 0 Å². The molecule has 0 aliphatic carbocycles. The van der Waals surface area contributed by atoms with E-state index in [-0.39, 0.29) is 12.0 Å². The number of carbonyl (C=O) groups excluding carboxylic acids is 1. The van der Waals surface area contributed by atoms with Crippen LogP contribution in [0.25, 0.3) is 0 Å². The molecule has 1 amide bonds. The standard InChI is InChI=1S/C16H25N3O2/c1-5-12-6-13(9-17-8-12)16(20)19(3)10-14-7-15(21-4)11-18(14)2/h6,8-9,14-15H,5,7,10-11H2,1-4H3/t14-,15-/m0/s1. The Balaban J connectivity index is 1.99. The molecule has 116 valence electrons. The quantitative estimate of drug-likeness (QED) is 0.823. The highest BCUT2D eigenvalue weighted by Gasteiger charge is 2.31. The average molecular weight is 291 g/mol. The minimum absolute atomic E-state index is 0.0343. The first kappa shape index (κ1) is 15.9. The second-order valence-corrected chi connectivity index (χ2v) is 5.81. The maximum atomic E-state index is 12.5. The van der Waals surface area contributed by atoms with Crippen LogP contribution in [-0.4, -0.2) is 67.1 Å². The number of pyridine rings is 1. The highest BCUT2D eigenvalue weighted by Crippen LogP contribution is 2.19. The maximum absolute atomic E-state index is 12.5. The molecule has 2 atom stereocenters. The van der Waals surface area contributed by atoms with Crippen molar-refractivity contribution in [3.05, 3.63) is 29.6 Å². The first-order valence-corrected chi connectivity index (χ1v) is 7.47. The van der Waals surface area contributed by atoms with E-state index in [1.54, 1.807) is 18.2 Å². The summed E-state index contributed by atoms with van der Waals surface area (Å²) in [6.45, 7) is 3.70. The van der Waals surface area contributed by atoms with Gasteiger partial charge in [0.1, 0.15) is 0 Å². The highest BCUT2D eigenvalue weighted by atomic mass is 16.5. The third-order valence-corrected chi connectivity index (χ3v) is 4.26. The summed E-state index contributed by atoms with van der Waals surface area (Å²) in [4.78, 5) is 20.7. The van der Waals surface area contributed by atoms with E-state index in [2.05, 4.69) is 23.9 Å². The summed E-state index contributed by atoms with van der Waals surface area (Å²) in [5, 5.41) is 0. The number of aryl methyl sites for hydroxylation is 1. The fraction of sp³-hybridized carbons (Fsp3) is 0.625. The molecule has 2 rings (SSSR count). The molecule has 0 bridgehead atoms. The lowest BCUT2D eigenvalue weighted by molar-refractivity contribution is 0.0759. The Kier molecular flexibility index (Phi) is 5.31. The van der Waals surface area contributed by atoms with Gasteiger partial charge < -0.3 is 9.64 Å². The van der Waals surface area contributed by atoms with Gasteiger partial charge in [-0.05, 0) is 31.5 Å². The van der Waals surface area contributed by atoms with Crippen molar-refractivity contribution >= 4 is 5.91 Å². The minimum atomic E-state index is 0.0343. The number of ether oxygens (including phenoxy) is 1. The van der Waals surface area contributed by atoms with E-state index in [0.717, 1.165) is 24.9 Å². The lowest BCUT2D eigenvalue weighted by Gasteiger charge is -2.25. The molecule has 1 aliphatic rings. The van der Waals surface area contributed by atoms with E-state index in [0.29, 0.717) is 18.2 Å². The Bertz CT molecular complexity index is 492. The van der Waals surface area contributed by atoms with Crippen LogP contribution in [0.3, 0.4) is 0 Å². The lowest BCUT2D eigenvalue weighted by atomic mass is 10.1. The summed E-state index contributed by atoms with van der Waals surface area (Å²) >= 11 is 0. The highest BCUT2D eigenvalue weighted by molar-refractivity contribution is 5.93. The van der Waals surface area contributed by atoms with Crippen molar-refractivity contribution in [1.29, 1.82) is 0 Å². The number of rotatable bonds is 5. The molecule has 0 radical (unpaired) electrons. The largest absolute Gasteiger partial charge is 0.380 e. The molecule has 1 saturated heterocycles. The molecule has 1 fully saturated rings. The Morgan fingerprint density at radius 2 is 2.29 bits per heavy atom. The van der Waals surface area contributed by atoms with Crippen molar-refractivity contribution in [3.63, 3.8) is 0 Å². The van der Waals surface area contributed by atoms with Gasteiger partial charge in [0.2, 0.25) is 0 Å². The van der Waals surface area contributed by atoms with Gasteiger partial charge in [-0.3, -0.25) is 14.7 Å². The van der Waals surface area contributed by atoms with Crippen LogP contribution in [0.5, 0.6) is 0 Å². The number of hydrogen-bond acceptors (Lipinski definition) is 4. The molecular formula is C16H25N3O2. The van der Waals surface area contributed by atoms with E-state index in [1.807, 2.05) is 19.3 Å². The maximum Gasteiger partial charge on any atom is 0.255 e. The monoisotopic (exact) mass is 291 g/mol. The molecule has 1 aromatic heterocycles. The molecule has 2 heterocycles. The summed E-state index contributed by atoms with van der Waals surface area (Å²) in [5.41, 5.74) is 1.76. The predicted molar refractivity (Wildman–Crippen MR) is 82.4 cm³/mol. The van der Waals surface area contributed by atoms with Crippen LogP contribution in [0.15, 0.2) is 18.5 Å². The first-order chi connectivity index (χ1) is 10.0. The van der Waals surface area contributed by atoms with E-state index in [1.165, 1.54) is 0 Å². The smallest absolute Gasteiger partial charge is 0.255 e. The van der Waals surface area contributed by atoms with Crippen molar-refractivity contribution in [3.8, 4) is 0 Å². The van der Waals surface area contributed by atoms with Crippen LogP contribution in [0.2, 0.25) is 0 Å². The molecule has 0 unspecified atom stereocenters. The van der Waals surface area contributed by atoms with Gasteiger partial charge in [0, 0.05) is 45.7 Å². The van der Waals surface area contributed by atoms with Gasteiger partial charge in [-0.15, -0.1) is 0 Å². The Hall–Kier alpha value is -1.46. The second kappa shape index (κ2) is 7.00. The summed E-state index contributed by atoms with van der Waals surface area (Å²) in [7, 11) is 5.69. The van der Waals surface area contributed by atoms with Crippen LogP contribution >= 0.6 is 0 Å². The van der Waals surface area contributed by atoms with E-state index in [9.17, 15) is 4.79 Å². The van der Waals surface area contributed by atoms with Gasteiger partial charge in [0.05, 0.1) is 11.7 Å². The molecule has 21 heavy (non-hydrogen) atoms. The van der Waals surface area contributed by atoms with Crippen molar-refractivity contribution in [1.82, 2.24) is 14.8 Å². The molecule has 5 heteroatoms. The van der Waals surface area contributed by atoms with Crippen molar-refractivity contribution in [2.45, 2.75) is 31.9 Å². The molecule has 1 aromatic rings. The molecule has 0 saturated carbocycles. The van der Waals surface area contributed by atoms with Crippen LogP contribution < -0.4 is 0 Å². The number of hydrogen-bond donors (Lipinski definition) is 0. The lowest BCUT2D eigenvalue weighted by Crippen LogP contribution is -2.39. The summed E-state index contributed by atoms with van der Waals surface area (Å²) in [5.74, 6) is 0.0343. The van der Waals surface area contributed by atoms with Gasteiger partial charge in [0.15, 0.2) is 0 Å². The fourth-order valence-electron chi connectivity index (χ4n) is 2.83. The van der Waals surface area contributed by atoms with Gasteiger partial charge in [-0.25, -0.2) is 0 Å². The molecular weight excluding hydrogens is 266 g/mol. The van der Waals surface area contributed by atoms with Crippen LogP contribution in [0, 0.1) is 0 Å². The SMILES string of the molecule is CCc1cncc(C(=O)N(C)C[C@@H]2C[C@H](OC)CN2C)c1. The summed E-state index contributed by atoms with van der Waals surface area (Å²) in [6.07, 6.45) is 5.59. The van der Waals surface area contributed by atoms with Crippen molar-refractivity contribution in [2.24, 2.45) is 0 Å². The predicted octanol–water partition coefficient (Wildman–Crippen LogP) is 1.44. The summed E-state index contributed by atoms with van der Waals surface area (Å²) in [6, 6.07) is 2.29. The number of amides is 1. The zero-order valence-electron chi connectivity index (χ0n) is 13.4. The Labute approximate surface area is 126 Å². The summed E-state index contributed by atoms with van der Waals surface area (Å²) < 4.78 is 5.41. The molecule has 0 aromatic carbocycles. The van der Waals surface area contributed by atoms with E-state index >= 15 is 0 Å².